The first-order valence-corrected chi connectivity index (χ1v) is 24.3. The summed E-state index contributed by atoms with van der Waals surface area (Å²) < 4.78 is 34.2. The van der Waals surface area contributed by atoms with Crippen molar-refractivity contribution >= 4 is 19.8 Å². The Hall–Kier alpha value is -2.63. The van der Waals surface area contributed by atoms with Gasteiger partial charge in [-0.25, -0.2) is 4.57 Å². The fourth-order valence-electron chi connectivity index (χ4n) is 5.71. The number of esters is 2. The molecule has 0 heterocycles. The van der Waals surface area contributed by atoms with Crippen LogP contribution in [0.25, 0.3) is 0 Å². The third-order valence-electron chi connectivity index (χ3n) is 9.42. The highest BCUT2D eigenvalue weighted by atomic mass is 31.2. The third-order valence-corrected chi connectivity index (χ3v) is 10.4. The molecule has 4 atom stereocenters. The van der Waals surface area contributed by atoms with Gasteiger partial charge in [-0.15, -0.1) is 0 Å². The molecule has 0 aromatic carbocycles. The first kappa shape index (κ1) is 57.4. The molecule has 346 valence electrons. The Labute approximate surface area is 364 Å². The number of hydrogen-bond acceptors (Lipinski definition) is 9. The van der Waals surface area contributed by atoms with Gasteiger partial charge in [0, 0.05) is 12.8 Å². The molecule has 0 aromatic rings. The van der Waals surface area contributed by atoms with Gasteiger partial charge in [-0.3, -0.25) is 18.6 Å². The zero-order valence-corrected chi connectivity index (χ0v) is 39.0. The van der Waals surface area contributed by atoms with Gasteiger partial charge < -0.3 is 29.1 Å². The van der Waals surface area contributed by atoms with Gasteiger partial charge in [0.2, 0.25) is 0 Å². The van der Waals surface area contributed by atoms with E-state index in [1.807, 2.05) is 27.2 Å². The number of aliphatic hydroxyl groups is 2. The molecule has 0 fully saturated rings. The minimum atomic E-state index is -4.43. The lowest BCUT2D eigenvalue weighted by molar-refractivity contribution is -0.870. The summed E-state index contributed by atoms with van der Waals surface area (Å²) in [6.07, 6.45) is 41.1. The van der Waals surface area contributed by atoms with Crippen LogP contribution in [0.15, 0.2) is 72.9 Å². The standard InChI is InChI=1S/C48H84NO10P/c1-6-8-10-12-14-15-16-17-18-19-20-21-22-23-24-25-26-30-35-39-48(53)59-44(43-58-60(54,55)57-41-40-49(3,4)5)42-56-47(52)38-34-31-27-29-33-37-46(51)45(50)36-32-28-13-11-9-7-2/h8,10,14-15,17-18,20-21,23-24,28,32,44-46,50-51H,6-7,9,11-13,16,19,22,25-27,29-31,33-43H2,1-5H3/p+1/b10-8-,15-14-,18-17-,21-20-,24-23-,32-28-/t44-,45-,46-/m1/s1. The molecule has 0 radical (unpaired) electrons. The third kappa shape index (κ3) is 40.8. The number of aliphatic hydroxyl groups excluding tert-OH is 2. The molecule has 0 aromatic heterocycles. The van der Waals surface area contributed by atoms with Gasteiger partial charge in [0.25, 0.3) is 0 Å². The van der Waals surface area contributed by atoms with Crippen molar-refractivity contribution in [3.8, 4) is 0 Å². The van der Waals surface area contributed by atoms with Crippen LogP contribution in [0.1, 0.15) is 155 Å². The van der Waals surface area contributed by atoms with Gasteiger partial charge in [0.15, 0.2) is 6.10 Å². The lowest BCUT2D eigenvalue weighted by Gasteiger charge is -2.24. The molecule has 0 aliphatic heterocycles. The summed E-state index contributed by atoms with van der Waals surface area (Å²) in [5.41, 5.74) is 0. The number of hydrogen-bond donors (Lipinski definition) is 3. The van der Waals surface area contributed by atoms with Crippen LogP contribution in [-0.2, 0) is 32.7 Å². The normalized spacial score (nSPS) is 15.3. The molecule has 3 N–H and O–H groups in total. The zero-order chi connectivity index (χ0) is 44.6. The molecule has 0 bridgehead atoms. The summed E-state index contributed by atoms with van der Waals surface area (Å²) in [5, 5.41) is 20.5. The van der Waals surface area contributed by atoms with E-state index in [0.29, 0.717) is 36.7 Å². The molecule has 0 saturated heterocycles. The Morgan fingerprint density at radius 1 is 0.600 bits per heavy atom. The van der Waals surface area contributed by atoms with E-state index in [-0.39, 0.29) is 26.1 Å². The average molecular weight is 867 g/mol. The quantitative estimate of drug-likeness (QED) is 0.0179. The van der Waals surface area contributed by atoms with Crippen molar-refractivity contribution < 1.29 is 52.3 Å². The topological polar surface area (TPSA) is 149 Å². The molecule has 0 aliphatic carbocycles. The van der Waals surface area contributed by atoms with E-state index in [1.165, 1.54) is 12.8 Å². The number of ether oxygens (including phenoxy) is 2. The molecule has 0 aliphatic rings. The van der Waals surface area contributed by atoms with Crippen LogP contribution in [-0.4, -0.2) is 97.3 Å². The van der Waals surface area contributed by atoms with Crippen LogP contribution in [0.2, 0.25) is 0 Å². The second-order valence-electron chi connectivity index (χ2n) is 16.4. The second kappa shape index (κ2) is 39.2. The first-order chi connectivity index (χ1) is 28.8. The van der Waals surface area contributed by atoms with Crippen molar-refractivity contribution in [2.75, 3.05) is 47.5 Å². The van der Waals surface area contributed by atoms with E-state index in [1.54, 1.807) is 0 Å². The largest absolute Gasteiger partial charge is 0.472 e. The number of carbonyl (C=O) groups excluding carboxylic acids is 2. The highest BCUT2D eigenvalue weighted by Crippen LogP contribution is 2.43. The van der Waals surface area contributed by atoms with Crippen LogP contribution in [0.5, 0.6) is 0 Å². The van der Waals surface area contributed by atoms with Crippen LogP contribution in [0.3, 0.4) is 0 Å². The fraction of sp³-hybridized carbons (Fsp3) is 0.708. The van der Waals surface area contributed by atoms with Crippen molar-refractivity contribution in [1.82, 2.24) is 0 Å². The minimum absolute atomic E-state index is 0.00424. The molecule has 0 spiro atoms. The van der Waals surface area contributed by atoms with E-state index in [9.17, 15) is 29.3 Å². The van der Waals surface area contributed by atoms with E-state index >= 15 is 0 Å². The maximum Gasteiger partial charge on any atom is 0.472 e. The zero-order valence-electron chi connectivity index (χ0n) is 38.1. The summed E-state index contributed by atoms with van der Waals surface area (Å²) in [7, 11) is 1.35. The molecule has 1 unspecified atom stereocenters. The van der Waals surface area contributed by atoms with Crippen LogP contribution in [0.4, 0.5) is 0 Å². The number of nitrogens with zero attached hydrogens (tertiary/aromatic N) is 1. The van der Waals surface area contributed by atoms with Gasteiger partial charge in [-0.05, 0) is 83.5 Å². The first-order valence-electron chi connectivity index (χ1n) is 22.8. The average Bonchev–Trinajstić information content (AvgIpc) is 3.19. The number of carbonyl (C=O) groups is 2. The van der Waals surface area contributed by atoms with E-state index in [2.05, 4.69) is 80.7 Å². The Balaban J connectivity index is 4.53. The Bertz CT molecular complexity index is 1290. The van der Waals surface area contributed by atoms with Crippen molar-refractivity contribution in [1.29, 1.82) is 0 Å². The molecule has 12 heteroatoms. The monoisotopic (exact) mass is 867 g/mol. The molecule has 11 nitrogen and oxygen atoms in total. The number of rotatable bonds is 40. The number of unbranched alkanes of at least 4 members (excludes halogenated alkanes) is 10. The highest BCUT2D eigenvalue weighted by molar-refractivity contribution is 7.47. The van der Waals surface area contributed by atoms with E-state index in [4.69, 9.17) is 18.5 Å². The minimum Gasteiger partial charge on any atom is -0.462 e. The maximum atomic E-state index is 12.7. The van der Waals surface area contributed by atoms with Crippen LogP contribution >= 0.6 is 7.82 Å². The van der Waals surface area contributed by atoms with Gasteiger partial charge in [0.05, 0.1) is 40.0 Å². The van der Waals surface area contributed by atoms with Crippen molar-refractivity contribution in [2.45, 2.75) is 173 Å². The summed E-state index contributed by atoms with van der Waals surface area (Å²) in [4.78, 5) is 35.4. The highest BCUT2D eigenvalue weighted by Gasteiger charge is 2.27. The number of phosphoric acid groups is 1. The summed E-state index contributed by atoms with van der Waals surface area (Å²) in [6, 6.07) is 0. The van der Waals surface area contributed by atoms with Crippen molar-refractivity contribution in [2.24, 2.45) is 0 Å². The smallest absolute Gasteiger partial charge is 0.462 e. The Morgan fingerprint density at radius 3 is 1.72 bits per heavy atom. The lowest BCUT2D eigenvalue weighted by Crippen LogP contribution is -2.37. The number of phosphoric ester groups is 1. The van der Waals surface area contributed by atoms with Crippen molar-refractivity contribution in [3.05, 3.63) is 72.9 Å². The number of allylic oxidation sites excluding steroid dienone is 11. The second-order valence-corrected chi connectivity index (χ2v) is 17.8. The molecular formula is C48H85NO10P+. The molecular weight excluding hydrogens is 781 g/mol. The number of quaternary nitrogens is 1. The SMILES string of the molecule is CC/C=C\C/C=C\C/C=C\C/C=C\C/C=C\CCCCCC(=O)O[C@H](COC(=O)CCCCCCC[C@@H](O)[C@H](O)C/C=C\CCCCC)COP(=O)(O)OCC[N+](C)(C)C. The summed E-state index contributed by atoms with van der Waals surface area (Å²) >= 11 is 0. The molecule has 60 heavy (non-hydrogen) atoms. The molecule has 0 rings (SSSR count). The fourth-order valence-corrected chi connectivity index (χ4v) is 6.45. The Kier molecular flexibility index (Phi) is 37.5. The van der Waals surface area contributed by atoms with Gasteiger partial charge in [0.1, 0.15) is 19.8 Å². The molecule has 0 saturated carbocycles. The number of likely N-dealkylation sites (N-methyl/N-ethyl adjacent to an activating group) is 1. The predicted molar refractivity (Wildman–Crippen MR) is 245 cm³/mol. The van der Waals surface area contributed by atoms with Gasteiger partial charge >= 0.3 is 19.8 Å². The van der Waals surface area contributed by atoms with Crippen LogP contribution in [0, 0.1) is 0 Å². The van der Waals surface area contributed by atoms with E-state index in [0.717, 1.165) is 89.9 Å². The van der Waals surface area contributed by atoms with Crippen molar-refractivity contribution in [3.63, 3.8) is 0 Å². The maximum absolute atomic E-state index is 12.7. The van der Waals surface area contributed by atoms with Crippen LogP contribution < -0.4 is 0 Å². The lowest BCUT2D eigenvalue weighted by atomic mass is 10.0. The summed E-state index contributed by atoms with van der Waals surface area (Å²) in [6.45, 7) is 4.01. The predicted octanol–water partition coefficient (Wildman–Crippen LogP) is 11.0. The molecule has 0 amide bonds. The summed E-state index contributed by atoms with van der Waals surface area (Å²) in [5.74, 6) is -0.955. The Morgan fingerprint density at radius 2 is 1.12 bits per heavy atom. The van der Waals surface area contributed by atoms with E-state index < -0.39 is 44.7 Å². The van der Waals surface area contributed by atoms with Gasteiger partial charge in [-0.2, -0.15) is 0 Å². The van der Waals surface area contributed by atoms with Gasteiger partial charge in [-0.1, -0.05) is 132 Å².